The molecule has 0 saturated heterocycles. The van der Waals surface area contributed by atoms with E-state index in [-0.39, 0.29) is 17.0 Å². The van der Waals surface area contributed by atoms with Crippen LogP contribution in [-0.4, -0.2) is 32.9 Å². The number of aromatic carboxylic acids is 1. The Morgan fingerprint density at radius 3 is 2.71 bits per heavy atom. The van der Waals surface area contributed by atoms with Gasteiger partial charge in [-0.25, -0.2) is 9.18 Å². The standard InChI is InChI=1S/C10H8FN3O3/c11-6-17-7-1-2-8(10(15)16)9(5-7)14-12-3-4-13-14/h1-5H,6H2,(H,15,16). The van der Waals surface area contributed by atoms with E-state index in [2.05, 4.69) is 14.9 Å². The van der Waals surface area contributed by atoms with Gasteiger partial charge in [-0.15, -0.1) is 0 Å². The smallest absolute Gasteiger partial charge is 0.337 e. The highest BCUT2D eigenvalue weighted by atomic mass is 19.1. The van der Waals surface area contributed by atoms with Gasteiger partial charge in [0.25, 0.3) is 0 Å². The largest absolute Gasteiger partial charge is 0.478 e. The summed E-state index contributed by atoms with van der Waals surface area (Å²) in [5.74, 6) is -0.908. The molecule has 0 unspecified atom stereocenters. The highest BCUT2D eigenvalue weighted by Gasteiger charge is 2.14. The van der Waals surface area contributed by atoms with Crippen molar-refractivity contribution in [2.45, 2.75) is 0 Å². The summed E-state index contributed by atoms with van der Waals surface area (Å²) in [6.45, 7) is -0.988. The monoisotopic (exact) mass is 237 g/mol. The number of benzene rings is 1. The molecule has 1 heterocycles. The first-order chi connectivity index (χ1) is 8.22. The van der Waals surface area contributed by atoms with Gasteiger partial charge in [0, 0.05) is 6.07 Å². The minimum absolute atomic E-state index is 0.00686. The molecule has 0 amide bonds. The number of rotatable bonds is 4. The topological polar surface area (TPSA) is 77.2 Å². The van der Waals surface area contributed by atoms with Gasteiger partial charge in [-0.05, 0) is 12.1 Å². The summed E-state index contributed by atoms with van der Waals surface area (Å²) >= 11 is 0. The van der Waals surface area contributed by atoms with Crippen LogP contribution in [-0.2, 0) is 0 Å². The lowest BCUT2D eigenvalue weighted by Crippen LogP contribution is -2.08. The molecular formula is C10H8FN3O3. The minimum Gasteiger partial charge on any atom is -0.478 e. The van der Waals surface area contributed by atoms with Crippen molar-refractivity contribution in [2.75, 3.05) is 6.86 Å². The van der Waals surface area contributed by atoms with Gasteiger partial charge in [-0.2, -0.15) is 15.0 Å². The minimum atomic E-state index is -1.12. The molecule has 0 spiro atoms. The SMILES string of the molecule is O=C(O)c1ccc(OCF)cc1-n1nccn1. The average Bonchev–Trinajstić information content (AvgIpc) is 2.82. The summed E-state index contributed by atoms with van der Waals surface area (Å²) in [5.41, 5.74) is 0.223. The zero-order valence-electron chi connectivity index (χ0n) is 8.58. The van der Waals surface area contributed by atoms with Crippen molar-refractivity contribution in [3.05, 3.63) is 36.2 Å². The van der Waals surface area contributed by atoms with Crippen LogP contribution in [0.4, 0.5) is 4.39 Å². The van der Waals surface area contributed by atoms with Crippen molar-refractivity contribution >= 4 is 5.97 Å². The molecule has 1 N–H and O–H groups in total. The highest BCUT2D eigenvalue weighted by Crippen LogP contribution is 2.20. The van der Waals surface area contributed by atoms with E-state index < -0.39 is 12.8 Å². The van der Waals surface area contributed by atoms with E-state index in [0.717, 1.165) is 4.80 Å². The molecule has 0 atom stereocenters. The normalized spacial score (nSPS) is 10.2. The fourth-order valence-corrected chi connectivity index (χ4v) is 1.35. The van der Waals surface area contributed by atoms with Gasteiger partial charge in [0.2, 0.25) is 6.86 Å². The molecular weight excluding hydrogens is 229 g/mol. The third kappa shape index (κ3) is 2.22. The van der Waals surface area contributed by atoms with Crippen molar-refractivity contribution in [3.63, 3.8) is 0 Å². The third-order valence-corrected chi connectivity index (χ3v) is 2.06. The highest BCUT2D eigenvalue weighted by molar-refractivity contribution is 5.92. The zero-order valence-corrected chi connectivity index (χ0v) is 8.58. The summed E-state index contributed by atoms with van der Waals surface area (Å²) in [6.07, 6.45) is 2.82. The van der Waals surface area contributed by atoms with Crippen LogP contribution in [0.15, 0.2) is 30.6 Å². The number of nitrogens with zero attached hydrogens (tertiary/aromatic N) is 3. The number of hydrogen-bond acceptors (Lipinski definition) is 4. The number of alkyl halides is 1. The second-order valence-corrected chi connectivity index (χ2v) is 3.06. The number of carboxylic acid groups (broad SMARTS) is 1. The van der Waals surface area contributed by atoms with E-state index in [4.69, 9.17) is 5.11 Å². The summed E-state index contributed by atoms with van der Waals surface area (Å²) in [4.78, 5) is 12.1. The summed E-state index contributed by atoms with van der Waals surface area (Å²) < 4.78 is 16.7. The lowest BCUT2D eigenvalue weighted by atomic mass is 10.2. The second kappa shape index (κ2) is 4.60. The van der Waals surface area contributed by atoms with Crippen molar-refractivity contribution in [3.8, 4) is 11.4 Å². The molecule has 0 radical (unpaired) electrons. The van der Waals surface area contributed by atoms with E-state index in [1.165, 1.54) is 30.6 Å². The Hall–Kier alpha value is -2.44. The maximum absolute atomic E-state index is 12.0. The van der Waals surface area contributed by atoms with E-state index in [9.17, 15) is 9.18 Å². The molecule has 0 aliphatic carbocycles. The lowest BCUT2D eigenvalue weighted by molar-refractivity contribution is 0.0696. The van der Waals surface area contributed by atoms with Gasteiger partial charge in [0.15, 0.2) is 0 Å². The van der Waals surface area contributed by atoms with Crippen LogP contribution in [0.2, 0.25) is 0 Å². The van der Waals surface area contributed by atoms with Crippen molar-refractivity contribution < 1.29 is 19.0 Å². The number of ether oxygens (including phenoxy) is 1. The molecule has 88 valence electrons. The second-order valence-electron chi connectivity index (χ2n) is 3.06. The van der Waals surface area contributed by atoms with Gasteiger partial charge in [-0.1, -0.05) is 0 Å². The van der Waals surface area contributed by atoms with Gasteiger partial charge >= 0.3 is 5.97 Å². The Kier molecular flexibility index (Phi) is 2.99. The molecule has 1 aromatic heterocycles. The average molecular weight is 237 g/mol. The molecule has 1 aromatic carbocycles. The molecule has 6 nitrogen and oxygen atoms in total. The van der Waals surface area contributed by atoms with Crippen LogP contribution in [0, 0.1) is 0 Å². The molecule has 0 aliphatic rings. The summed E-state index contributed by atoms with van der Waals surface area (Å²) in [6, 6.07) is 4.05. The maximum atomic E-state index is 12.0. The van der Waals surface area contributed by atoms with E-state index in [1.807, 2.05) is 0 Å². The van der Waals surface area contributed by atoms with Crippen LogP contribution in [0.5, 0.6) is 5.75 Å². The first kappa shape index (κ1) is 11.1. The van der Waals surface area contributed by atoms with Crippen molar-refractivity contribution in [1.29, 1.82) is 0 Å². The van der Waals surface area contributed by atoms with E-state index in [1.54, 1.807) is 0 Å². The van der Waals surface area contributed by atoms with Gasteiger partial charge in [0.05, 0.1) is 18.0 Å². The fourth-order valence-electron chi connectivity index (χ4n) is 1.35. The van der Waals surface area contributed by atoms with Crippen LogP contribution < -0.4 is 4.74 Å². The molecule has 17 heavy (non-hydrogen) atoms. The van der Waals surface area contributed by atoms with Gasteiger partial charge in [-0.3, -0.25) is 0 Å². The number of halogens is 1. The predicted molar refractivity (Wildman–Crippen MR) is 54.9 cm³/mol. The Labute approximate surface area is 95.2 Å². The fraction of sp³-hybridized carbons (Fsp3) is 0.100. The Bertz CT molecular complexity index is 528. The number of aromatic nitrogens is 3. The molecule has 7 heteroatoms. The first-order valence-corrected chi connectivity index (χ1v) is 4.65. The van der Waals surface area contributed by atoms with Crippen LogP contribution in [0.3, 0.4) is 0 Å². The number of hydrogen-bond donors (Lipinski definition) is 1. The third-order valence-electron chi connectivity index (χ3n) is 2.06. The Morgan fingerprint density at radius 1 is 1.41 bits per heavy atom. The summed E-state index contributed by atoms with van der Waals surface area (Å²) in [7, 11) is 0. The van der Waals surface area contributed by atoms with Gasteiger partial charge in [0.1, 0.15) is 11.4 Å². The Balaban J connectivity index is 2.52. The molecule has 2 aromatic rings. The molecule has 0 aliphatic heterocycles. The predicted octanol–water partition coefficient (Wildman–Crippen LogP) is 1.27. The van der Waals surface area contributed by atoms with Crippen LogP contribution >= 0.6 is 0 Å². The molecule has 0 fully saturated rings. The quantitative estimate of drug-likeness (QED) is 0.866. The van der Waals surface area contributed by atoms with E-state index in [0.29, 0.717) is 0 Å². The number of carbonyl (C=O) groups is 1. The molecule has 2 rings (SSSR count). The van der Waals surface area contributed by atoms with Gasteiger partial charge < -0.3 is 9.84 Å². The molecule has 0 saturated carbocycles. The van der Waals surface area contributed by atoms with Crippen LogP contribution in [0.1, 0.15) is 10.4 Å². The van der Waals surface area contributed by atoms with E-state index >= 15 is 0 Å². The summed E-state index contributed by atoms with van der Waals surface area (Å²) in [5, 5.41) is 16.6. The maximum Gasteiger partial charge on any atom is 0.337 e. The Morgan fingerprint density at radius 2 is 2.12 bits per heavy atom. The van der Waals surface area contributed by atoms with Crippen molar-refractivity contribution in [1.82, 2.24) is 15.0 Å². The number of carboxylic acids is 1. The van der Waals surface area contributed by atoms with Crippen LogP contribution in [0.25, 0.3) is 5.69 Å². The first-order valence-electron chi connectivity index (χ1n) is 4.65. The molecule has 0 bridgehead atoms. The lowest BCUT2D eigenvalue weighted by Gasteiger charge is -2.07. The van der Waals surface area contributed by atoms with Crippen molar-refractivity contribution in [2.24, 2.45) is 0 Å². The zero-order chi connectivity index (χ0) is 12.3.